The summed E-state index contributed by atoms with van der Waals surface area (Å²) in [6.07, 6.45) is 3.76. The predicted molar refractivity (Wildman–Crippen MR) is 96.8 cm³/mol. The van der Waals surface area contributed by atoms with Crippen molar-refractivity contribution in [3.05, 3.63) is 50.9 Å². The summed E-state index contributed by atoms with van der Waals surface area (Å²) in [6, 6.07) is 5.94. The Bertz CT molecular complexity index is 809. The lowest BCUT2D eigenvalue weighted by molar-refractivity contribution is -0.113. The van der Waals surface area contributed by atoms with Crippen LogP contribution in [0.3, 0.4) is 0 Å². The molecule has 1 aromatic carbocycles. The van der Waals surface area contributed by atoms with Gasteiger partial charge >= 0.3 is 0 Å². The number of hydrogen-bond acceptors (Lipinski definition) is 4. The van der Waals surface area contributed by atoms with E-state index < -0.39 is 0 Å². The average Bonchev–Trinajstić information content (AvgIpc) is 2.52. The number of aryl methyl sites for hydroxylation is 3. The molecule has 0 bridgehead atoms. The fourth-order valence-corrected chi connectivity index (χ4v) is 3.71. The molecule has 0 spiro atoms. The smallest absolute Gasteiger partial charge is 0.254 e. The molecule has 1 aliphatic carbocycles. The fraction of sp³-hybridized carbons (Fsp3) is 0.389. The van der Waals surface area contributed by atoms with Crippen LogP contribution < -0.4 is 10.9 Å². The van der Waals surface area contributed by atoms with Gasteiger partial charge in [0, 0.05) is 11.3 Å². The number of hydrogen-bond donors (Lipinski definition) is 2. The lowest BCUT2D eigenvalue weighted by atomic mass is 9.97. The largest absolute Gasteiger partial charge is 0.325 e. The van der Waals surface area contributed by atoms with Crippen LogP contribution in [-0.2, 0) is 17.6 Å². The number of thioether (sulfide) groups is 1. The molecule has 1 aromatic heterocycles. The van der Waals surface area contributed by atoms with Gasteiger partial charge in [-0.3, -0.25) is 9.59 Å². The van der Waals surface area contributed by atoms with Gasteiger partial charge in [-0.05, 0) is 62.8 Å². The first-order chi connectivity index (χ1) is 11.5. The van der Waals surface area contributed by atoms with Crippen LogP contribution in [0.5, 0.6) is 0 Å². The molecule has 0 saturated heterocycles. The minimum Gasteiger partial charge on any atom is -0.325 e. The zero-order chi connectivity index (χ0) is 17.1. The highest BCUT2D eigenvalue weighted by atomic mass is 32.2. The highest BCUT2D eigenvalue weighted by Crippen LogP contribution is 2.20. The van der Waals surface area contributed by atoms with Gasteiger partial charge in [-0.15, -0.1) is 0 Å². The summed E-state index contributed by atoms with van der Waals surface area (Å²) in [5.74, 6) is 0.111. The van der Waals surface area contributed by atoms with Crippen LogP contribution in [0.15, 0.2) is 28.2 Å². The number of anilines is 1. The van der Waals surface area contributed by atoms with E-state index in [-0.39, 0.29) is 17.2 Å². The molecule has 0 unspecified atom stereocenters. The van der Waals surface area contributed by atoms with Gasteiger partial charge in [-0.1, -0.05) is 17.8 Å². The summed E-state index contributed by atoms with van der Waals surface area (Å²) in [5.41, 5.74) is 4.66. The van der Waals surface area contributed by atoms with Crippen molar-refractivity contribution in [2.75, 3.05) is 11.1 Å². The fourth-order valence-electron chi connectivity index (χ4n) is 3.03. The van der Waals surface area contributed by atoms with Gasteiger partial charge in [0.2, 0.25) is 5.91 Å². The summed E-state index contributed by atoms with van der Waals surface area (Å²) in [5, 5.41) is 3.42. The van der Waals surface area contributed by atoms with Crippen LogP contribution in [0, 0.1) is 13.8 Å². The number of H-pyrrole nitrogens is 1. The van der Waals surface area contributed by atoms with Crippen LogP contribution in [-0.4, -0.2) is 21.6 Å². The molecule has 0 radical (unpaired) electrons. The lowest BCUT2D eigenvalue weighted by Crippen LogP contribution is -2.22. The van der Waals surface area contributed by atoms with E-state index in [9.17, 15) is 9.59 Å². The maximum absolute atomic E-state index is 12.1. The second-order valence-electron chi connectivity index (χ2n) is 6.22. The molecule has 2 aromatic rings. The molecule has 24 heavy (non-hydrogen) atoms. The number of nitrogens with one attached hydrogen (secondary N) is 2. The maximum atomic E-state index is 12.1. The molecule has 6 heteroatoms. The van der Waals surface area contributed by atoms with Gasteiger partial charge < -0.3 is 10.3 Å². The minimum atomic E-state index is -0.106. The summed E-state index contributed by atoms with van der Waals surface area (Å²) < 4.78 is 0. The van der Waals surface area contributed by atoms with Crippen molar-refractivity contribution in [1.29, 1.82) is 0 Å². The van der Waals surface area contributed by atoms with Gasteiger partial charge in [0.05, 0.1) is 11.4 Å². The topological polar surface area (TPSA) is 74.8 Å². The highest BCUT2D eigenvalue weighted by Gasteiger charge is 2.16. The second-order valence-corrected chi connectivity index (χ2v) is 7.18. The molecular formula is C18H21N3O2S. The Balaban J connectivity index is 1.64. The SMILES string of the molecule is Cc1cc(C)cc(NC(=O)CSc2nc3c(c(=O)[nH]2)CCCC3)c1. The van der Waals surface area contributed by atoms with Gasteiger partial charge in [0.25, 0.3) is 5.56 Å². The quantitative estimate of drug-likeness (QED) is 0.661. The molecule has 3 rings (SSSR count). The number of rotatable bonds is 4. The Labute approximate surface area is 145 Å². The van der Waals surface area contributed by atoms with E-state index in [2.05, 4.69) is 21.4 Å². The van der Waals surface area contributed by atoms with Crippen molar-refractivity contribution in [3.63, 3.8) is 0 Å². The number of aromatic nitrogens is 2. The van der Waals surface area contributed by atoms with Crippen molar-refractivity contribution >= 4 is 23.4 Å². The third-order valence-corrected chi connectivity index (χ3v) is 4.89. The van der Waals surface area contributed by atoms with Gasteiger partial charge in [0.1, 0.15) is 0 Å². The third-order valence-electron chi connectivity index (χ3n) is 4.02. The second kappa shape index (κ2) is 7.21. The molecule has 0 saturated carbocycles. The molecule has 1 aliphatic rings. The zero-order valence-corrected chi connectivity index (χ0v) is 14.8. The van der Waals surface area contributed by atoms with Gasteiger partial charge in [-0.25, -0.2) is 4.98 Å². The van der Waals surface area contributed by atoms with Crippen LogP contribution in [0.2, 0.25) is 0 Å². The molecule has 0 atom stereocenters. The number of carbonyl (C=O) groups excluding carboxylic acids is 1. The number of amides is 1. The zero-order valence-electron chi connectivity index (χ0n) is 13.9. The van der Waals surface area contributed by atoms with E-state index in [0.29, 0.717) is 5.16 Å². The Kier molecular flexibility index (Phi) is 5.04. The monoisotopic (exact) mass is 343 g/mol. The number of nitrogens with zero attached hydrogens (tertiary/aromatic N) is 1. The summed E-state index contributed by atoms with van der Waals surface area (Å²) in [6.45, 7) is 4.00. The van der Waals surface area contributed by atoms with Crippen molar-refractivity contribution < 1.29 is 4.79 Å². The van der Waals surface area contributed by atoms with E-state index in [1.165, 1.54) is 11.8 Å². The standard InChI is InChI=1S/C18H21N3O2S/c1-11-7-12(2)9-13(8-11)19-16(22)10-24-18-20-15-6-4-3-5-14(15)17(23)21-18/h7-9H,3-6,10H2,1-2H3,(H,19,22)(H,20,21,23). The van der Waals surface area contributed by atoms with E-state index in [1.54, 1.807) is 0 Å². The normalized spacial score (nSPS) is 13.4. The van der Waals surface area contributed by atoms with E-state index in [1.807, 2.05) is 26.0 Å². The molecule has 1 heterocycles. The molecule has 1 amide bonds. The van der Waals surface area contributed by atoms with Crippen LogP contribution in [0.25, 0.3) is 0 Å². The molecule has 5 nitrogen and oxygen atoms in total. The number of fused-ring (bicyclic) bond motifs is 1. The lowest BCUT2D eigenvalue weighted by Gasteiger charge is -2.14. The molecule has 126 valence electrons. The average molecular weight is 343 g/mol. The Morgan fingerprint density at radius 2 is 1.92 bits per heavy atom. The van der Waals surface area contributed by atoms with Gasteiger partial charge in [0.15, 0.2) is 5.16 Å². The number of benzene rings is 1. The summed E-state index contributed by atoms with van der Waals surface area (Å²) in [7, 11) is 0. The molecule has 0 fully saturated rings. The van der Waals surface area contributed by atoms with Crippen LogP contribution >= 0.6 is 11.8 Å². The van der Waals surface area contributed by atoms with E-state index in [4.69, 9.17) is 0 Å². The van der Waals surface area contributed by atoms with Crippen LogP contribution in [0.1, 0.15) is 35.2 Å². The summed E-state index contributed by atoms with van der Waals surface area (Å²) >= 11 is 1.26. The first-order valence-corrected chi connectivity index (χ1v) is 9.13. The summed E-state index contributed by atoms with van der Waals surface area (Å²) in [4.78, 5) is 31.5. The Morgan fingerprint density at radius 3 is 2.67 bits per heavy atom. The third kappa shape index (κ3) is 4.06. The van der Waals surface area contributed by atoms with Crippen molar-refractivity contribution in [1.82, 2.24) is 9.97 Å². The van der Waals surface area contributed by atoms with Gasteiger partial charge in [-0.2, -0.15) is 0 Å². The van der Waals surface area contributed by atoms with Crippen molar-refractivity contribution in [3.8, 4) is 0 Å². The maximum Gasteiger partial charge on any atom is 0.254 e. The van der Waals surface area contributed by atoms with E-state index >= 15 is 0 Å². The molecule has 2 N–H and O–H groups in total. The Morgan fingerprint density at radius 1 is 1.21 bits per heavy atom. The van der Waals surface area contributed by atoms with Crippen LogP contribution in [0.4, 0.5) is 5.69 Å². The molecular weight excluding hydrogens is 322 g/mol. The predicted octanol–water partition coefficient (Wildman–Crippen LogP) is 3.00. The first kappa shape index (κ1) is 16.8. The van der Waals surface area contributed by atoms with E-state index in [0.717, 1.165) is 53.8 Å². The first-order valence-electron chi connectivity index (χ1n) is 8.14. The van der Waals surface area contributed by atoms with Crippen molar-refractivity contribution in [2.24, 2.45) is 0 Å². The number of carbonyl (C=O) groups is 1. The minimum absolute atomic E-state index is 0.0584. The molecule has 0 aliphatic heterocycles. The van der Waals surface area contributed by atoms with Crippen molar-refractivity contribution in [2.45, 2.75) is 44.7 Å². The number of aromatic amines is 1. The Hall–Kier alpha value is -2.08. The highest BCUT2D eigenvalue weighted by molar-refractivity contribution is 7.99.